The van der Waals surface area contributed by atoms with Crippen molar-refractivity contribution in [2.75, 3.05) is 13.6 Å². The molecular formula is C16H15F4O9PS2. The Hall–Kier alpha value is -1.87. The maximum Gasteiger partial charge on any atom is 0.323 e. The Balaban J connectivity index is 1.92. The van der Waals surface area contributed by atoms with Gasteiger partial charge < -0.3 is 0 Å². The van der Waals surface area contributed by atoms with Crippen LogP contribution in [0.1, 0.15) is 11.1 Å². The first-order chi connectivity index (χ1) is 14.8. The van der Waals surface area contributed by atoms with Gasteiger partial charge in [0.25, 0.3) is 0 Å². The van der Waals surface area contributed by atoms with Crippen LogP contribution in [-0.2, 0) is 42.2 Å². The van der Waals surface area contributed by atoms with E-state index in [2.05, 4.69) is 17.4 Å². The molecule has 0 saturated carbocycles. The molecule has 0 aliphatic carbocycles. The first kappa shape index (κ1) is 26.4. The van der Waals surface area contributed by atoms with Gasteiger partial charge in [-0.2, -0.15) is 16.8 Å². The Labute approximate surface area is 181 Å². The Morgan fingerprint density at radius 2 is 1.00 bits per heavy atom. The molecule has 0 aliphatic heterocycles. The molecule has 32 heavy (non-hydrogen) atoms. The van der Waals surface area contributed by atoms with Crippen LogP contribution in [0, 0.1) is 37.1 Å². The summed E-state index contributed by atoms with van der Waals surface area (Å²) < 4.78 is 131. The highest BCUT2D eigenvalue weighted by molar-refractivity contribution is 7.87. The fourth-order valence-electron chi connectivity index (χ4n) is 2.31. The van der Waals surface area contributed by atoms with Crippen molar-refractivity contribution in [3.8, 4) is 0 Å². The van der Waals surface area contributed by atoms with E-state index in [0.717, 1.165) is 13.8 Å². The lowest BCUT2D eigenvalue weighted by atomic mass is 10.2. The zero-order valence-corrected chi connectivity index (χ0v) is 18.9. The molecule has 0 aromatic heterocycles. The SMILES string of the molecule is Cc1c(F)ccc(F)c1S(=O)(=O)OCO[PH](=O)OCOS(=O)(=O)c1c(F)ccc(F)c1C. The molecule has 0 aliphatic rings. The van der Waals surface area contributed by atoms with Crippen LogP contribution in [0.3, 0.4) is 0 Å². The summed E-state index contributed by atoms with van der Waals surface area (Å²) in [6.07, 6.45) is 0. The monoisotopic (exact) mass is 522 g/mol. The fourth-order valence-corrected chi connectivity index (χ4v) is 5.02. The van der Waals surface area contributed by atoms with Crippen molar-refractivity contribution < 1.29 is 56.4 Å². The smallest absolute Gasteiger partial charge is 0.282 e. The Morgan fingerprint density at radius 1 is 0.688 bits per heavy atom. The van der Waals surface area contributed by atoms with Crippen molar-refractivity contribution in [3.63, 3.8) is 0 Å². The molecule has 2 rings (SSSR count). The van der Waals surface area contributed by atoms with Gasteiger partial charge in [0.1, 0.15) is 33.1 Å². The van der Waals surface area contributed by atoms with Crippen LogP contribution in [0.4, 0.5) is 17.6 Å². The summed E-state index contributed by atoms with van der Waals surface area (Å²) in [5, 5.41) is 0. The maximum absolute atomic E-state index is 13.7. The van der Waals surface area contributed by atoms with Crippen molar-refractivity contribution in [2.24, 2.45) is 0 Å². The lowest BCUT2D eigenvalue weighted by molar-refractivity contribution is 0.0751. The second kappa shape index (κ2) is 10.4. The lowest BCUT2D eigenvalue weighted by Gasteiger charge is -2.11. The third kappa shape index (κ3) is 6.13. The van der Waals surface area contributed by atoms with Crippen molar-refractivity contribution in [1.29, 1.82) is 0 Å². The lowest BCUT2D eigenvalue weighted by Crippen LogP contribution is -2.14. The van der Waals surface area contributed by atoms with Crippen LogP contribution in [0.15, 0.2) is 34.1 Å². The van der Waals surface area contributed by atoms with Gasteiger partial charge in [-0.3, -0.25) is 13.6 Å². The molecule has 0 unspecified atom stereocenters. The van der Waals surface area contributed by atoms with E-state index < -0.39 is 86.3 Å². The molecule has 0 fully saturated rings. The summed E-state index contributed by atoms with van der Waals surface area (Å²) in [6, 6.07) is 2.54. The molecule has 2 aromatic rings. The Kier molecular flexibility index (Phi) is 8.56. The van der Waals surface area contributed by atoms with E-state index >= 15 is 0 Å². The first-order valence-corrected chi connectivity index (χ1v) is 12.3. The third-order valence-electron chi connectivity index (χ3n) is 3.84. The molecule has 0 radical (unpaired) electrons. The van der Waals surface area contributed by atoms with Crippen LogP contribution < -0.4 is 0 Å². The van der Waals surface area contributed by atoms with E-state index in [1.54, 1.807) is 0 Å². The molecule has 0 saturated heterocycles. The van der Waals surface area contributed by atoms with E-state index in [4.69, 9.17) is 0 Å². The molecule has 0 bridgehead atoms. The molecule has 0 heterocycles. The van der Waals surface area contributed by atoms with Crippen LogP contribution in [0.25, 0.3) is 0 Å². The van der Waals surface area contributed by atoms with E-state index in [9.17, 15) is 39.0 Å². The molecular weight excluding hydrogens is 507 g/mol. The Bertz CT molecular complexity index is 1160. The van der Waals surface area contributed by atoms with Crippen molar-refractivity contribution in [1.82, 2.24) is 0 Å². The topological polar surface area (TPSA) is 122 Å². The molecule has 9 nitrogen and oxygen atoms in total. The summed E-state index contributed by atoms with van der Waals surface area (Å²) in [6.45, 7) is -0.551. The zero-order valence-electron chi connectivity index (χ0n) is 16.2. The number of rotatable bonds is 10. The largest absolute Gasteiger partial charge is 0.323 e. The van der Waals surface area contributed by atoms with Crippen LogP contribution in [0.2, 0.25) is 0 Å². The van der Waals surface area contributed by atoms with Gasteiger partial charge in [-0.25, -0.2) is 25.9 Å². The van der Waals surface area contributed by atoms with E-state index in [0.29, 0.717) is 24.3 Å². The van der Waals surface area contributed by atoms with Crippen LogP contribution in [0.5, 0.6) is 0 Å². The van der Waals surface area contributed by atoms with Gasteiger partial charge in [-0.1, -0.05) is 0 Å². The highest BCUT2D eigenvalue weighted by Crippen LogP contribution is 2.28. The van der Waals surface area contributed by atoms with Crippen molar-refractivity contribution in [2.45, 2.75) is 23.6 Å². The maximum atomic E-state index is 13.7. The highest BCUT2D eigenvalue weighted by Gasteiger charge is 2.27. The average Bonchev–Trinajstić information content (AvgIpc) is 2.67. The molecule has 0 N–H and O–H groups in total. The van der Waals surface area contributed by atoms with E-state index in [-0.39, 0.29) is 0 Å². The molecule has 16 heteroatoms. The van der Waals surface area contributed by atoms with E-state index in [1.165, 1.54) is 0 Å². The van der Waals surface area contributed by atoms with Gasteiger partial charge >= 0.3 is 28.5 Å². The minimum atomic E-state index is -4.86. The summed E-state index contributed by atoms with van der Waals surface area (Å²) in [7, 11) is -13.3. The van der Waals surface area contributed by atoms with Gasteiger partial charge in [0, 0.05) is 11.1 Å². The van der Waals surface area contributed by atoms with Gasteiger partial charge in [0.05, 0.1) is 0 Å². The summed E-state index contributed by atoms with van der Waals surface area (Å²) >= 11 is 0. The number of hydrogen-bond acceptors (Lipinski definition) is 9. The predicted octanol–water partition coefficient (Wildman–Crippen LogP) is 3.31. The molecule has 0 spiro atoms. The van der Waals surface area contributed by atoms with E-state index in [1.807, 2.05) is 0 Å². The van der Waals surface area contributed by atoms with Gasteiger partial charge in [0.15, 0.2) is 13.6 Å². The summed E-state index contributed by atoms with van der Waals surface area (Å²) in [4.78, 5) is -2.19. The predicted molar refractivity (Wildman–Crippen MR) is 99.6 cm³/mol. The highest BCUT2D eigenvalue weighted by atomic mass is 32.2. The van der Waals surface area contributed by atoms with Gasteiger partial charge in [-0.15, -0.1) is 0 Å². The van der Waals surface area contributed by atoms with Gasteiger partial charge in [0.2, 0.25) is 0 Å². The average molecular weight is 522 g/mol. The second-order valence-corrected chi connectivity index (χ2v) is 10.1. The first-order valence-electron chi connectivity index (χ1n) is 8.25. The second-order valence-electron chi connectivity index (χ2n) is 5.88. The number of benzene rings is 2. The molecule has 0 amide bonds. The van der Waals surface area contributed by atoms with Crippen molar-refractivity contribution in [3.05, 3.63) is 58.7 Å². The zero-order chi connectivity index (χ0) is 24.3. The van der Waals surface area contributed by atoms with Crippen LogP contribution >= 0.6 is 8.25 Å². The Morgan fingerprint density at radius 3 is 1.34 bits per heavy atom. The molecule has 178 valence electrons. The van der Waals surface area contributed by atoms with Gasteiger partial charge in [-0.05, 0) is 38.1 Å². The summed E-state index contributed by atoms with van der Waals surface area (Å²) in [5.41, 5.74) is -1.13. The minimum absolute atomic E-state index is 0.562. The van der Waals surface area contributed by atoms with Crippen molar-refractivity contribution >= 4 is 28.5 Å². The standard InChI is InChI=1S/C16H15F4O9PS2/c1-9-11(17)3-5-13(19)15(9)31(22,23)28-7-26-30(21)27-8-29-32(24,25)16-10(2)12(18)4-6-14(16)20/h3-6,30H,7-8H2,1-2H3. The number of hydrogen-bond donors (Lipinski definition) is 0. The molecule has 0 atom stereocenters. The summed E-state index contributed by atoms with van der Waals surface area (Å²) in [5.74, 6) is -4.64. The number of halogens is 4. The third-order valence-corrected chi connectivity index (χ3v) is 7.37. The molecule has 2 aromatic carbocycles. The normalized spacial score (nSPS) is 12.5. The van der Waals surface area contributed by atoms with Crippen LogP contribution in [-0.4, -0.2) is 30.4 Å². The quantitative estimate of drug-likeness (QED) is 0.200. The fraction of sp³-hybridized carbons (Fsp3) is 0.250. The minimum Gasteiger partial charge on any atom is -0.282 e.